The van der Waals surface area contributed by atoms with Crippen LogP contribution in [0, 0.1) is 0 Å². The summed E-state index contributed by atoms with van der Waals surface area (Å²) >= 11 is 0. The highest BCUT2D eigenvalue weighted by atomic mass is 19.4. The highest BCUT2D eigenvalue weighted by molar-refractivity contribution is 5.97. The van der Waals surface area contributed by atoms with Crippen molar-refractivity contribution in [1.82, 2.24) is 14.7 Å². The van der Waals surface area contributed by atoms with E-state index in [1.165, 1.54) is 34.0 Å². The van der Waals surface area contributed by atoms with Crippen molar-refractivity contribution >= 4 is 11.6 Å². The van der Waals surface area contributed by atoms with Crippen molar-refractivity contribution in [3.05, 3.63) is 60.6 Å². The Morgan fingerprint density at radius 3 is 2.68 bits per heavy atom. The predicted molar refractivity (Wildman–Crippen MR) is 76.7 cm³/mol. The number of aromatic nitrogens is 2. The van der Waals surface area contributed by atoms with E-state index in [1.54, 1.807) is 0 Å². The third kappa shape index (κ3) is 2.88. The largest absolute Gasteiger partial charge is 0.412 e. The molecule has 116 valence electrons. The number of fused-ring (bicyclic) bond motifs is 1. The van der Waals surface area contributed by atoms with Crippen molar-refractivity contribution in [2.24, 2.45) is 0 Å². The monoisotopic (exact) mass is 309 g/mol. The van der Waals surface area contributed by atoms with E-state index in [2.05, 4.69) is 18.3 Å². The van der Waals surface area contributed by atoms with Crippen molar-refractivity contribution < 1.29 is 18.0 Å². The van der Waals surface area contributed by atoms with Crippen LogP contribution in [0.25, 0.3) is 5.70 Å². The zero-order chi connectivity index (χ0) is 16.5. The van der Waals surface area contributed by atoms with Crippen molar-refractivity contribution in [1.29, 1.82) is 0 Å². The molecule has 4 nitrogen and oxygen atoms in total. The summed E-state index contributed by atoms with van der Waals surface area (Å²) in [5.41, 5.74) is 0.353. The van der Waals surface area contributed by atoms with E-state index in [-0.39, 0.29) is 18.1 Å². The van der Waals surface area contributed by atoms with Gasteiger partial charge in [-0.2, -0.15) is 18.3 Å². The average Bonchev–Trinajstić information content (AvgIpc) is 2.93. The number of alkyl halides is 3. The maximum atomic E-state index is 12.5. The minimum absolute atomic E-state index is 0.129. The van der Waals surface area contributed by atoms with E-state index in [0.29, 0.717) is 11.4 Å². The highest BCUT2D eigenvalue weighted by Gasteiger charge is 2.30. The highest BCUT2D eigenvalue weighted by Crippen LogP contribution is 2.26. The molecule has 22 heavy (non-hydrogen) atoms. The second kappa shape index (κ2) is 5.67. The van der Waals surface area contributed by atoms with Crippen molar-refractivity contribution in [3.8, 4) is 0 Å². The fourth-order valence-electron chi connectivity index (χ4n) is 1.96. The van der Waals surface area contributed by atoms with Crippen LogP contribution in [0.5, 0.6) is 0 Å². The Morgan fingerprint density at radius 1 is 1.41 bits per heavy atom. The van der Waals surface area contributed by atoms with Gasteiger partial charge in [0.1, 0.15) is 5.69 Å². The first kappa shape index (κ1) is 15.8. The molecular weight excluding hydrogens is 295 g/mol. The molecule has 0 bridgehead atoms. The molecule has 0 fully saturated rings. The number of amides is 1. The van der Waals surface area contributed by atoms with Gasteiger partial charge in [-0.05, 0) is 25.1 Å². The van der Waals surface area contributed by atoms with Gasteiger partial charge in [-0.3, -0.25) is 4.79 Å². The van der Waals surface area contributed by atoms with Crippen LogP contribution in [0.15, 0.2) is 54.9 Å². The van der Waals surface area contributed by atoms with Crippen LogP contribution >= 0.6 is 0 Å². The Morgan fingerprint density at radius 2 is 2.09 bits per heavy atom. The number of halogens is 3. The van der Waals surface area contributed by atoms with Crippen LogP contribution in [0.4, 0.5) is 13.2 Å². The molecule has 0 saturated heterocycles. The van der Waals surface area contributed by atoms with Gasteiger partial charge < -0.3 is 4.90 Å². The molecule has 1 aromatic rings. The van der Waals surface area contributed by atoms with Gasteiger partial charge >= 0.3 is 6.18 Å². The number of allylic oxidation sites excluding steroid dienone is 4. The van der Waals surface area contributed by atoms with Gasteiger partial charge in [-0.1, -0.05) is 19.2 Å². The summed E-state index contributed by atoms with van der Waals surface area (Å²) in [6.07, 6.45) is 0.521. The third-order valence-corrected chi connectivity index (χ3v) is 3.22. The van der Waals surface area contributed by atoms with Gasteiger partial charge in [0.25, 0.3) is 5.91 Å². The molecule has 2 rings (SSSR count). The lowest BCUT2D eigenvalue weighted by atomic mass is 10.2. The molecule has 0 saturated carbocycles. The number of rotatable bonds is 3. The summed E-state index contributed by atoms with van der Waals surface area (Å²) in [4.78, 5) is 13.7. The molecule has 0 aliphatic carbocycles. The molecule has 1 aromatic heterocycles. The molecule has 0 spiro atoms. The van der Waals surface area contributed by atoms with E-state index in [9.17, 15) is 18.0 Å². The Hall–Kier alpha value is -2.57. The van der Waals surface area contributed by atoms with Crippen LogP contribution in [-0.2, 0) is 0 Å². The SMILES string of the molecule is C=C/C(=C\C=C(/C)C(F)(F)F)N1CC(=C)n2nccc2C1=O. The topological polar surface area (TPSA) is 38.1 Å². The average molecular weight is 309 g/mol. The standard InChI is InChI=1S/C15H14F3N3O/c1-4-12(6-5-10(2)15(16,17)18)20-9-11(3)21-13(14(20)22)7-8-19-21/h4-8H,1,3,9H2,2H3/b10-5+,12-6+. The van der Waals surface area contributed by atoms with E-state index < -0.39 is 11.7 Å². The smallest absolute Gasteiger partial charge is 0.301 e. The van der Waals surface area contributed by atoms with Gasteiger partial charge in [0.2, 0.25) is 0 Å². The Balaban J connectivity index is 2.36. The molecule has 1 amide bonds. The summed E-state index contributed by atoms with van der Waals surface area (Å²) in [7, 11) is 0. The van der Waals surface area contributed by atoms with Crippen LogP contribution in [-0.4, -0.2) is 33.3 Å². The van der Waals surface area contributed by atoms with Crippen LogP contribution in [0.1, 0.15) is 17.4 Å². The van der Waals surface area contributed by atoms with Gasteiger partial charge in [0.05, 0.1) is 18.4 Å². The molecule has 0 aromatic carbocycles. The Labute approximate surface area is 125 Å². The number of carbonyl (C=O) groups is 1. The Kier molecular flexibility index (Phi) is 4.07. The number of hydrogen-bond donors (Lipinski definition) is 0. The summed E-state index contributed by atoms with van der Waals surface area (Å²) in [6.45, 7) is 8.46. The minimum Gasteiger partial charge on any atom is -0.301 e. The van der Waals surface area contributed by atoms with Gasteiger partial charge in [-0.25, -0.2) is 4.68 Å². The fraction of sp³-hybridized carbons (Fsp3) is 0.200. The molecule has 2 heterocycles. The molecule has 1 aliphatic heterocycles. The van der Waals surface area contributed by atoms with Gasteiger partial charge in [0.15, 0.2) is 0 Å². The van der Waals surface area contributed by atoms with Crippen molar-refractivity contribution in [2.45, 2.75) is 13.1 Å². The lowest BCUT2D eigenvalue weighted by Gasteiger charge is -2.29. The lowest BCUT2D eigenvalue weighted by molar-refractivity contribution is -0.0913. The molecule has 1 aliphatic rings. The Bertz CT molecular complexity index is 695. The van der Waals surface area contributed by atoms with Gasteiger partial charge in [0, 0.05) is 11.3 Å². The van der Waals surface area contributed by atoms with Crippen LogP contribution < -0.4 is 0 Å². The predicted octanol–water partition coefficient (Wildman–Crippen LogP) is 3.39. The first-order valence-corrected chi connectivity index (χ1v) is 6.38. The fourth-order valence-corrected chi connectivity index (χ4v) is 1.96. The molecule has 7 heteroatoms. The molecule has 0 radical (unpaired) electrons. The first-order valence-electron chi connectivity index (χ1n) is 6.38. The maximum Gasteiger partial charge on any atom is 0.412 e. The summed E-state index contributed by atoms with van der Waals surface area (Å²) < 4.78 is 38.9. The van der Waals surface area contributed by atoms with E-state index in [4.69, 9.17) is 0 Å². The normalized spacial score (nSPS) is 16.8. The lowest BCUT2D eigenvalue weighted by Crippen LogP contribution is -2.38. The van der Waals surface area contributed by atoms with Crippen LogP contribution in [0.3, 0.4) is 0 Å². The molecular formula is C15H14F3N3O. The third-order valence-electron chi connectivity index (χ3n) is 3.22. The van der Waals surface area contributed by atoms with E-state index in [0.717, 1.165) is 13.0 Å². The second-order valence-corrected chi connectivity index (χ2v) is 4.73. The summed E-state index contributed by atoms with van der Waals surface area (Å²) in [6, 6.07) is 1.52. The summed E-state index contributed by atoms with van der Waals surface area (Å²) in [5.74, 6) is -0.367. The molecule has 0 atom stereocenters. The van der Waals surface area contributed by atoms with E-state index in [1.807, 2.05) is 0 Å². The summed E-state index contributed by atoms with van der Waals surface area (Å²) in [5, 5.41) is 3.98. The zero-order valence-corrected chi connectivity index (χ0v) is 11.9. The van der Waals surface area contributed by atoms with Crippen molar-refractivity contribution in [2.75, 3.05) is 6.54 Å². The van der Waals surface area contributed by atoms with Crippen LogP contribution in [0.2, 0.25) is 0 Å². The zero-order valence-electron chi connectivity index (χ0n) is 11.9. The number of hydrogen-bond acceptors (Lipinski definition) is 2. The molecule has 0 unspecified atom stereocenters. The quantitative estimate of drug-likeness (QED) is 0.803. The second-order valence-electron chi connectivity index (χ2n) is 4.73. The first-order chi connectivity index (χ1) is 10.3. The van der Waals surface area contributed by atoms with E-state index >= 15 is 0 Å². The molecule has 0 N–H and O–H groups in total. The van der Waals surface area contributed by atoms with Crippen molar-refractivity contribution in [3.63, 3.8) is 0 Å². The maximum absolute atomic E-state index is 12.5. The number of carbonyl (C=O) groups excluding carboxylic acids is 1. The minimum atomic E-state index is -4.41. The number of nitrogens with zero attached hydrogens (tertiary/aromatic N) is 3. The van der Waals surface area contributed by atoms with Gasteiger partial charge in [-0.15, -0.1) is 0 Å².